The summed E-state index contributed by atoms with van der Waals surface area (Å²) in [4.78, 5) is 0. The molecule has 0 aromatic rings. The number of rotatable bonds is 32. The minimum atomic E-state index is 0.411. The molecule has 0 radical (unpaired) electrons. The van der Waals surface area contributed by atoms with Crippen LogP contribution in [0.15, 0.2) is 0 Å². The summed E-state index contributed by atoms with van der Waals surface area (Å²) in [7, 11) is 0. The minimum absolute atomic E-state index is 0.411. The Labute approximate surface area is 234 Å². The first-order chi connectivity index (χ1) is 18.4. The van der Waals surface area contributed by atoms with Gasteiger partial charge in [0.15, 0.2) is 0 Å². The standard InChI is InChI=1S/C35H70O2/c1-3-5-7-9-11-13-15-17-18-20-22-24-26-28-30-34(31-36-32-35-33-37-35)29-27-25-23-21-19-16-14-12-10-8-6-4-2/h34-35H,3-33H2,1-2H3. The first-order valence-corrected chi connectivity index (χ1v) is 17.6. The molecule has 0 aliphatic carbocycles. The maximum atomic E-state index is 6.02. The highest BCUT2D eigenvalue weighted by molar-refractivity contribution is 4.68. The van der Waals surface area contributed by atoms with E-state index in [0.717, 1.165) is 25.7 Å². The van der Waals surface area contributed by atoms with Gasteiger partial charge >= 0.3 is 0 Å². The van der Waals surface area contributed by atoms with E-state index in [9.17, 15) is 0 Å². The van der Waals surface area contributed by atoms with Gasteiger partial charge in [0.2, 0.25) is 0 Å². The lowest BCUT2D eigenvalue weighted by Gasteiger charge is -2.17. The summed E-state index contributed by atoms with van der Waals surface area (Å²) in [5.41, 5.74) is 0. The molecule has 2 unspecified atom stereocenters. The van der Waals surface area contributed by atoms with Crippen LogP contribution >= 0.6 is 0 Å². The maximum Gasteiger partial charge on any atom is 0.104 e. The number of ether oxygens (including phenoxy) is 2. The largest absolute Gasteiger partial charge is 0.378 e. The van der Waals surface area contributed by atoms with Gasteiger partial charge in [-0.2, -0.15) is 0 Å². The molecule has 222 valence electrons. The third-order valence-electron chi connectivity index (χ3n) is 8.49. The third-order valence-corrected chi connectivity index (χ3v) is 8.49. The lowest BCUT2D eigenvalue weighted by molar-refractivity contribution is 0.0787. The molecule has 2 nitrogen and oxygen atoms in total. The highest BCUT2D eigenvalue weighted by Gasteiger charge is 2.22. The van der Waals surface area contributed by atoms with Crippen molar-refractivity contribution in [1.82, 2.24) is 0 Å². The van der Waals surface area contributed by atoms with Gasteiger partial charge in [-0.1, -0.05) is 181 Å². The van der Waals surface area contributed by atoms with E-state index >= 15 is 0 Å². The van der Waals surface area contributed by atoms with Crippen LogP contribution in [0.3, 0.4) is 0 Å². The van der Waals surface area contributed by atoms with Crippen molar-refractivity contribution in [1.29, 1.82) is 0 Å². The summed E-state index contributed by atoms with van der Waals surface area (Å²) < 4.78 is 11.4. The molecule has 1 aliphatic rings. The zero-order chi connectivity index (χ0) is 26.5. The molecule has 2 heteroatoms. The molecule has 0 saturated carbocycles. The van der Waals surface area contributed by atoms with Gasteiger partial charge in [0, 0.05) is 6.61 Å². The van der Waals surface area contributed by atoms with Crippen molar-refractivity contribution in [3.63, 3.8) is 0 Å². The second kappa shape index (κ2) is 28.9. The highest BCUT2D eigenvalue weighted by Crippen LogP contribution is 2.21. The second-order valence-electron chi connectivity index (χ2n) is 12.4. The van der Waals surface area contributed by atoms with Crippen LogP contribution in [-0.4, -0.2) is 25.9 Å². The number of hydrogen-bond donors (Lipinski definition) is 0. The molecule has 0 bridgehead atoms. The van der Waals surface area contributed by atoms with Crippen molar-refractivity contribution in [3.05, 3.63) is 0 Å². The summed E-state index contributed by atoms with van der Waals surface area (Å²) in [6.45, 7) is 7.32. The van der Waals surface area contributed by atoms with Crippen molar-refractivity contribution < 1.29 is 9.47 Å². The monoisotopic (exact) mass is 523 g/mol. The quantitative estimate of drug-likeness (QED) is 0.0647. The van der Waals surface area contributed by atoms with E-state index in [1.54, 1.807) is 0 Å². The minimum Gasteiger partial charge on any atom is -0.378 e. The molecule has 1 rings (SSSR count). The Bertz CT molecular complexity index is 419. The molecular weight excluding hydrogens is 452 g/mol. The first-order valence-electron chi connectivity index (χ1n) is 17.6. The van der Waals surface area contributed by atoms with Crippen LogP contribution in [0.5, 0.6) is 0 Å². The molecule has 0 N–H and O–H groups in total. The average molecular weight is 523 g/mol. The van der Waals surface area contributed by atoms with Gasteiger partial charge in [0.25, 0.3) is 0 Å². The fourth-order valence-electron chi connectivity index (χ4n) is 5.74. The lowest BCUT2D eigenvalue weighted by Crippen LogP contribution is -2.13. The molecule has 0 aromatic heterocycles. The number of unbranched alkanes of at least 4 members (excludes halogenated alkanes) is 24. The summed E-state index contributed by atoms with van der Waals surface area (Å²) in [5, 5.41) is 0. The van der Waals surface area contributed by atoms with E-state index in [1.165, 1.54) is 180 Å². The van der Waals surface area contributed by atoms with Crippen LogP contribution in [0, 0.1) is 5.92 Å². The average Bonchev–Trinajstić information content (AvgIpc) is 3.73. The Balaban J connectivity index is 1.92. The normalized spacial score (nSPS) is 15.9. The van der Waals surface area contributed by atoms with Crippen LogP contribution in [-0.2, 0) is 9.47 Å². The topological polar surface area (TPSA) is 21.8 Å². The van der Waals surface area contributed by atoms with Crippen LogP contribution in [0.2, 0.25) is 0 Å². The van der Waals surface area contributed by atoms with Crippen LogP contribution < -0.4 is 0 Å². The molecule has 1 fully saturated rings. The number of epoxide rings is 1. The molecule has 0 aromatic carbocycles. The third kappa shape index (κ3) is 27.3. The van der Waals surface area contributed by atoms with Crippen LogP contribution in [0.4, 0.5) is 0 Å². The van der Waals surface area contributed by atoms with Gasteiger partial charge in [0.05, 0.1) is 13.2 Å². The zero-order valence-corrected chi connectivity index (χ0v) is 25.9. The van der Waals surface area contributed by atoms with Crippen molar-refractivity contribution in [2.24, 2.45) is 5.92 Å². The number of hydrogen-bond acceptors (Lipinski definition) is 2. The van der Waals surface area contributed by atoms with E-state index in [4.69, 9.17) is 9.47 Å². The van der Waals surface area contributed by atoms with E-state index < -0.39 is 0 Å². The molecule has 1 saturated heterocycles. The summed E-state index contributed by atoms with van der Waals surface area (Å²) in [6, 6.07) is 0. The SMILES string of the molecule is CCCCCCCCCCCCCCCCC(CCCCCCCCCCCCCC)COCC1CO1. The lowest BCUT2D eigenvalue weighted by atomic mass is 9.94. The molecule has 37 heavy (non-hydrogen) atoms. The molecule has 0 spiro atoms. The van der Waals surface area contributed by atoms with Gasteiger partial charge in [-0.15, -0.1) is 0 Å². The molecule has 1 heterocycles. The first kappa shape index (κ1) is 34.9. The van der Waals surface area contributed by atoms with Gasteiger partial charge < -0.3 is 9.47 Å². The van der Waals surface area contributed by atoms with Gasteiger partial charge in [-0.25, -0.2) is 0 Å². The highest BCUT2D eigenvalue weighted by atomic mass is 16.6. The van der Waals surface area contributed by atoms with E-state index in [2.05, 4.69) is 13.8 Å². The summed E-state index contributed by atoms with van der Waals surface area (Å²) in [5.74, 6) is 0.777. The Kier molecular flexibility index (Phi) is 27.3. The van der Waals surface area contributed by atoms with Crippen molar-refractivity contribution in [2.45, 2.75) is 200 Å². The molecule has 1 aliphatic heterocycles. The fraction of sp³-hybridized carbons (Fsp3) is 1.00. The second-order valence-corrected chi connectivity index (χ2v) is 12.4. The molecule has 2 atom stereocenters. The van der Waals surface area contributed by atoms with Gasteiger partial charge in [0.1, 0.15) is 6.10 Å². The van der Waals surface area contributed by atoms with Crippen LogP contribution in [0.25, 0.3) is 0 Å². The predicted octanol–water partition coefficient (Wildman–Crippen LogP) is 12.0. The Morgan fingerprint density at radius 1 is 0.486 bits per heavy atom. The fourth-order valence-corrected chi connectivity index (χ4v) is 5.74. The maximum absolute atomic E-state index is 6.02. The van der Waals surface area contributed by atoms with Gasteiger partial charge in [-0.3, -0.25) is 0 Å². The van der Waals surface area contributed by atoms with E-state index in [1.807, 2.05) is 0 Å². The van der Waals surface area contributed by atoms with E-state index in [0.29, 0.717) is 6.10 Å². The van der Waals surface area contributed by atoms with Crippen LogP contribution in [0.1, 0.15) is 194 Å². The van der Waals surface area contributed by atoms with E-state index in [-0.39, 0.29) is 0 Å². The van der Waals surface area contributed by atoms with Crippen molar-refractivity contribution in [2.75, 3.05) is 19.8 Å². The molecule has 0 amide bonds. The van der Waals surface area contributed by atoms with Gasteiger partial charge in [-0.05, 0) is 18.8 Å². The van der Waals surface area contributed by atoms with Crippen molar-refractivity contribution >= 4 is 0 Å². The van der Waals surface area contributed by atoms with Crippen molar-refractivity contribution in [3.8, 4) is 0 Å². The zero-order valence-electron chi connectivity index (χ0n) is 25.9. The summed E-state index contributed by atoms with van der Waals surface area (Å²) >= 11 is 0. The Morgan fingerprint density at radius 2 is 0.784 bits per heavy atom. The summed E-state index contributed by atoms with van der Waals surface area (Å²) in [6.07, 6.45) is 40.7. The Hall–Kier alpha value is -0.0800. The molecular formula is C35H70O2. The smallest absolute Gasteiger partial charge is 0.104 e. The Morgan fingerprint density at radius 3 is 1.08 bits per heavy atom. The predicted molar refractivity (Wildman–Crippen MR) is 165 cm³/mol.